The lowest BCUT2D eigenvalue weighted by atomic mass is 9.44. The van der Waals surface area contributed by atoms with Crippen LogP contribution in [-0.2, 0) is 23.8 Å². The van der Waals surface area contributed by atoms with Gasteiger partial charge in [0, 0.05) is 24.3 Å². The lowest BCUT2D eigenvalue weighted by Gasteiger charge is -2.61. The van der Waals surface area contributed by atoms with Crippen molar-refractivity contribution in [2.75, 3.05) is 7.11 Å². The molecule has 0 amide bonds. The molecule has 0 N–H and O–H groups in total. The lowest BCUT2D eigenvalue weighted by molar-refractivity contribution is -0.164. The normalized spacial score (nSPS) is 41.2. The van der Waals surface area contributed by atoms with Crippen molar-refractivity contribution < 1.29 is 28.2 Å². The minimum absolute atomic E-state index is 0.0368. The first kappa shape index (κ1) is 28.0. The third-order valence-electron chi connectivity index (χ3n) is 12.2. The Kier molecular flexibility index (Phi) is 7.42. The Morgan fingerprint density at radius 3 is 2.42 bits per heavy atom. The predicted octanol–water partition coefficient (Wildman–Crippen LogP) is 6.32. The molecule has 4 saturated carbocycles. The van der Waals surface area contributed by atoms with Gasteiger partial charge >= 0.3 is 17.6 Å². The highest BCUT2D eigenvalue weighted by Gasteiger charge is 2.80. The highest BCUT2D eigenvalue weighted by Crippen LogP contribution is 2.78. The van der Waals surface area contributed by atoms with E-state index in [0.29, 0.717) is 42.6 Å². The lowest BCUT2D eigenvalue weighted by Crippen LogP contribution is -2.58. The summed E-state index contributed by atoms with van der Waals surface area (Å²) in [4.78, 5) is 35.4. The molecule has 7 nitrogen and oxygen atoms in total. The van der Waals surface area contributed by atoms with E-state index in [4.69, 9.17) is 13.9 Å². The van der Waals surface area contributed by atoms with Gasteiger partial charge in [0.15, 0.2) is 0 Å². The molecule has 0 bridgehead atoms. The van der Waals surface area contributed by atoms with Crippen molar-refractivity contribution >= 4 is 11.9 Å². The Morgan fingerprint density at radius 1 is 0.925 bits per heavy atom. The molecule has 220 valence electrons. The van der Waals surface area contributed by atoms with Crippen LogP contribution in [-0.4, -0.2) is 36.9 Å². The molecule has 1 aromatic rings. The van der Waals surface area contributed by atoms with E-state index in [9.17, 15) is 14.4 Å². The third-order valence-corrected chi connectivity index (χ3v) is 12.2. The standard InChI is InChI=1S/C33H46O7/c1-31-16-14-23(39-30(36)9-7-5-4-6-8-28(34)37-3)18-22(31)11-12-25-24(31)15-17-32(2)26(19-27-33(25,32)40-27)21-10-13-29(35)38-20-21/h10,13,20,22-27H,4-9,11-12,14-19H2,1-3H3. The van der Waals surface area contributed by atoms with Crippen molar-refractivity contribution in [3.8, 4) is 0 Å². The number of carbonyl (C=O) groups excluding carboxylic acids is 2. The van der Waals surface area contributed by atoms with Crippen LogP contribution in [0, 0.1) is 28.6 Å². The first-order chi connectivity index (χ1) is 19.2. The zero-order chi connectivity index (χ0) is 28.1. The zero-order valence-electron chi connectivity index (χ0n) is 24.5. The fourth-order valence-corrected chi connectivity index (χ4v) is 10.1. The summed E-state index contributed by atoms with van der Waals surface area (Å²) < 4.78 is 22.6. The number of methoxy groups -OCH3 is 1. The van der Waals surface area contributed by atoms with Crippen LogP contribution in [0.4, 0.5) is 0 Å². The van der Waals surface area contributed by atoms with Crippen LogP contribution in [0.25, 0.3) is 0 Å². The molecule has 5 aliphatic rings. The Hall–Kier alpha value is -2.15. The summed E-state index contributed by atoms with van der Waals surface area (Å²) in [5.41, 5.74) is 1.18. The quantitative estimate of drug-likeness (QED) is 0.200. The molecule has 1 saturated heterocycles. The number of fused-ring (bicyclic) bond motifs is 3. The molecule has 5 fully saturated rings. The summed E-state index contributed by atoms with van der Waals surface area (Å²) in [5, 5.41) is 0. The Balaban J connectivity index is 1.04. The predicted molar refractivity (Wildman–Crippen MR) is 149 cm³/mol. The van der Waals surface area contributed by atoms with Crippen LogP contribution in [0.15, 0.2) is 27.6 Å². The maximum Gasteiger partial charge on any atom is 0.335 e. The van der Waals surface area contributed by atoms with Gasteiger partial charge in [-0.15, -0.1) is 0 Å². The van der Waals surface area contributed by atoms with Crippen LogP contribution < -0.4 is 5.63 Å². The maximum absolute atomic E-state index is 12.6. The summed E-state index contributed by atoms with van der Waals surface area (Å²) in [6, 6.07) is 3.53. The topological polar surface area (TPSA) is 95.3 Å². The fraction of sp³-hybridized carbons (Fsp3) is 0.788. The van der Waals surface area contributed by atoms with Crippen LogP contribution in [0.2, 0.25) is 0 Å². The number of ether oxygens (including phenoxy) is 3. The molecule has 0 aromatic carbocycles. The molecule has 7 heteroatoms. The van der Waals surface area contributed by atoms with Crippen molar-refractivity contribution in [2.24, 2.45) is 28.6 Å². The van der Waals surface area contributed by atoms with Crippen LogP contribution in [0.3, 0.4) is 0 Å². The largest absolute Gasteiger partial charge is 0.469 e. The summed E-state index contributed by atoms with van der Waals surface area (Å²) in [6.45, 7) is 4.96. The van der Waals surface area contributed by atoms with Gasteiger partial charge in [-0.3, -0.25) is 9.59 Å². The minimum Gasteiger partial charge on any atom is -0.469 e. The van der Waals surface area contributed by atoms with E-state index in [1.165, 1.54) is 26.4 Å². The average molecular weight is 555 g/mol. The highest BCUT2D eigenvalue weighted by molar-refractivity contribution is 5.69. The van der Waals surface area contributed by atoms with Gasteiger partial charge < -0.3 is 18.6 Å². The minimum atomic E-state index is -0.285. The second-order valence-electron chi connectivity index (χ2n) is 13.9. The second-order valence-corrected chi connectivity index (χ2v) is 13.9. The van der Waals surface area contributed by atoms with Crippen molar-refractivity contribution in [3.05, 3.63) is 34.4 Å². The van der Waals surface area contributed by atoms with Crippen molar-refractivity contribution in [3.63, 3.8) is 0 Å². The molecule has 9 unspecified atom stereocenters. The Bertz CT molecular complexity index is 1160. The smallest absolute Gasteiger partial charge is 0.335 e. The van der Waals surface area contributed by atoms with Crippen LogP contribution in [0.1, 0.15) is 115 Å². The monoisotopic (exact) mass is 554 g/mol. The zero-order valence-corrected chi connectivity index (χ0v) is 24.5. The first-order valence-corrected chi connectivity index (χ1v) is 15.7. The summed E-state index contributed by atoms with van der Waals surface area (Å²) >= 11 is 0. The Labute approximate surface area is 237 Å². The molecule has 0 radical (unpaired) electrons. The molecule has 9 atom stereocenters. The second kappa shape index (κ2) is 10.6. The van der Waals surface area contributed by atoms with Crippen molar-refractivity contribution in [2.45, 2.75) is 127 Å². The number of carbonyl (C=O) groups is 2. The van der Waals surface area contributed by atoms with Gasteiger partial charge in [-0.05, 0) is 105 Å². The molecule has 1 aliphatic heterocycles. The van der Waals surface area contributed by atoms with E-state index in [-0.39, 0.29) is 40.1 Å². The van der Waals surface area contributed by atoms with E-state index in [1.807, 2.05) is 6.07 Å². The molecule has 1 spiro atoms. The van der Waals surface area contributed by atoms with Gasteiger partial charge in [0.2, 0.25) is 0 Å². The summed E-state index contributed by atoms with van der Waals surface area (Å²) in [6.07, 6.45) is 15.3. The van der Waals surface area contributed by atoms with Gasteiger partial charge in [0.05, 0.1) is 19.5 Å². The SMILES string of the molecule is COC(=O)CCCCCCC(=O)OC1CCC2(C)C(CCC3C2CCC2(C)C(c4ccc(=O)oc4)CC4OC432)C1. The molecule has 4 aliphatic carbocycles. The van der Waals surface area contributed by atoms with E-state index in [2.05, 4.69) is 18.6 Å². The van der Waals surface area contributed by atoms with Gasteiger partial charge in [-0.1, -0.05) is 26.7 Å². The maximum atomic E-state index is 12.6. The van der Waals surface area contributed by atoms with Crippen LogP contribution in [0.5, 0.6) is 0 Å². The van der Waals surface area contributed by atoms with Gasteiger partial charge in [0.1, 0.15) is 11.7 Å². The number of unbranched alkanes of at least 4 members (excludes halogenated alkanes) is 3. The van der Waals surface area contributed by atoms with E-state index >= 15 is 0 Å². The highest BCUT2D eigenvalue weighted by atomic mass is 16.6. The average Bonchev–Trinajstić information content (AvgIpc) is 3.60. The number of hydrogen-bond acceptors (Lipinski definition) is 7. The molecular weight excluding hydrogens is 508 g/mol. The van der Waals surface area contributed by atoms with Crippen molar-refractivity contribution in [1.29, 1.82) is 0 Å². The number of esters is 2. The molecule has 1 aromatic heterocycles. The number of epoxide rings is 1. The summed E-state index contributed by atoms with van der Waals surface area (Å²) in [5.74, 6) is 1.97. The summed E-state index contributed by atoms with van der Waals surface area (Å²) in [7, 11) is 1.42. The molecular formula is C33H46O7. The van der Waals surface area contributed by atoms with Gasteiger partial charge in [-0.2, -0.15) is 0 Å². The van der Waals surface area contributed by atoms with E-state index in [1.54, 1.807) is 12.3 Å². The van der Waals surface area contributed by atoms with Crippen molar-refractivity contribution in [1.82, 2.24) is 0 Å². The first-order valence-electron chi connectivity index (χ1n) is 15.7. The Morgan fingerprint density at radius 2 is 1.70 bits per heavy atom. The van der Waals surface area contributed by atoms with Gasteiger partial charge in [0.25, 0.3) is 0 Å². The fourth-order valence-electron chi connectivity index (χ4n) is 10.1. The molecule has 40 heavy (non-hydrogen) atoms. The molecule has 2 heterocycles. The van der Waals surface area contributed by atoms with E-state index < -0.39 is 0 Å². The van der Waals surface area contributed by atoms with E-state index in [0.717, 1.165) is 63.4 Å². The molecule has 6 rings (SSSR count). The van der Waals surface area contributed by atoms with Crippen LogP contribution >= 0.6 is 0 Å². The van der Waals surface area contributed by atoms with Gasteiger partial charge in [-0.25, -0.2) is 4.79 Å². The number of rotatable bonds is 9. The number of hydrogen-bond donors (Lipinski definition) is 0. The third kappa shape index (κ3) is 4.55.